The average Bonchev–Trinajstić information content (AvgIpc) is 2.90. The van der Waals surface area contributed by atoms with Gasteiger partial charge >= 0.3 is 5.97 Å². The van der Waals surface area contributed by atoms with Crippen LogP contribution in [0.5, 0.6) is 0 Å². The Morgan fingerprint density at radius 1 is 1.36 bits per heavy atom. The quantitative estimate of drug-likeness (QED) is 0.879. The number of aromatic nitrogens is 2. The van der Waals surface area contributed by atoms with Crippen molar-refractivity contribution in [3.8, 4) is 0 Å². The van der Waals surface area contributed by atoms with E-state index in [1.165, 1.54) is 11.3 Å². The monoisotopic (exact) mass is 321 g/mol. The maximum atomic E-state index is 12.4. The Hall–Kier alpha value is -2.15. The second kappa shape index (κ2) is 6.31. The molecule has 0 fully saturated rings. The van der Waals surface area contributed by atoms with E-state index < -0.39 is 5.97 Å². The second-order valence-electron chi connectivity index (χ2n) is 5.00. The molecule has 0 radical (unpaired) electrons. The minimum absolute atomic E-state index is 0.292. The van der Waals surface area contributed by atoms with Gasteiger partial charge < -0.3 is 10.1 Å². The van der Waals surface area contributed by atoms with E-state index in [9.17, 15) is 9.59 Å². The Kier molecular flexibility index (Phi) is 4.65. The van der Waals surface area contributed by atoms with Crippen molar-refractivity contribution in [1.82, 2.24) is 9.78 Å². The van der Waals surface area contributed by atoms with Crippen LogP contribution in [0, 0.1) is 20.8 Å². The molecule has 22 heavy (non-hydrogen) atoms. The summed E-state index contributed by atoms with van der Waals surface area (Å²) in [4.78, 5) is 25.4. The van der Waals surface area contributed by atoms with Gasteiger partial charge in [0, 0.05) is 23.7 Å². The summed E-state index contributed by atoms with van der Waals surface area (Å²) in [6.07, 6.45) is 1.77. The third kappa shape index (κ3) is 3.04. The van der Waals surface area contributed by atoms with Crippen molar-refractivity contribution in [2.24, 2.45) is 7.05 Å². The molecule has 0 unspecified atom stereocenters. The molecule has 0 saturated carbocycles. The summed E-state index contributed by atoms with van der Waals surface area (Å²) in [6, 6.07) is 0. The number of nitrogens with one attached hydrogen (secondary N) is 1. The molecular formula is C15H19N3O3S. The molecule has 2 heterocycles. The highest BCUT2D eigenvalue weighted by atomic mass is 32.1. The molecule has 0 aliphatic rings. The van der Waals surface area contributed by atoms with Gasteiger partial charge in [-0.05, 0) is 33.3 Å². The third-order valence-electron chi connectivity index (χ3n) is 3.32. The normalized spacial score (nSPS) is 10.6. The average molecular weight is 321 g/mol. The molecule has 1 N–H and O–H groups in total. The summed E-state index contributed by atoms with van der Waals surface area (Å²) in [6.45, 7) is 7.62. The first-order valence-corrected chi connectivity index (χ1v) is 7.75. The highest BCUT2D eigenvalue weighted by molar-refractivity contribution is 7.16. The predicted octanol–water partition coefficient (Wildman–Crippen LogP) is 2.84. The van der Waals surface area contributed by atoms with Gasteiger partial charge in [0.2, 0.25) is 0 Å². The highest BCUT2D eigenvalue weighted by Crippen LogP contribution is 2.33. The van der Waals surface area contributed by atoms with Gasteiger partial charge in [-0.3, -0.25) is 9.48 Å². The van der Waals surface area contributed by atoms with Crippen molar-refractivity contribution in [3.63, 3.8) is 0 Å². The molecule has 118 valence electrons. The first kappa shape index (κ1) is 16.2. The number of esters is 1. The van der Waals surface area contributed by atoms with Crippen molar-refractivity contribution < 1.29 is 14.3 Å². The van der Waals surface area contributed by atoms with Crippen LogP contribution < -0.4 is 5.32 Å². The van der Waals surface area contributed by atoms with Crippen molar-refractivity contribution in [3.05, 3.63) is 33.5 Å². The maximum absolute atomic E-state index is 12.4. The fourth-order valence-corrected chi connectivity index (χ4v) is 3.20. The zero-order valence-corrected chi connectivity index (χ0v) is 14.1. The number of amides is 1. The Morgan fingerprint density at radius 3 is 2.59 bits per heavy atom. The van der Waals surface area contributed by atoms with Crippen LogP contribution in [0.25, 0.3) is 0 Å². The zero-order valence-electron chi connectivity index (χ0n) is 13.3. The van der Waals surface area contributed by atoms with E-state index >= 15 is 0 Å². The van der Waals surface area contributed by atoms with Crippen LogP contribution in [0.3, 0.4) is 0 Å². The van der Waals surface area contributed by atoms with Crippen LogP contribution >= 0.6 is 11.3 Å². The van der Waals surface area contributed by atoms with Gasteiger partial charge in [0.05, 0.1) is 12.2 Å². The molecule has 0 aliphatic carbocycles. The molecule has 0 saturated heterocycles. The number of hydrogen-bond acceptors (Lipinski definition) is 5. The van der Waals surface area contributed by atoms with E-state index in [0.717, 1.165) is 16.0 Å². The van der Waals surface area contributed by atoms with Crippen LogP contribution in [0.15, 0.2) is 6.20 Å². The lowest BCUT2D eigenvalue weighted by Gasteiger charge is -2.06. The van der Waals surface area contributed by atoms with E-state index in [-0.39, 0.29) is 5.91 Å². The predicted molar refractivity (Wildman–Crippen MR) is 85.6 cm³/mol. The molecule has 0 bridgehead atoms. The topological polar surface area (TPSA) is 73.2 Å². The first-order chi connectivity index (χ1) is 10.3. The number of carbonyl (C=O) groups excluding carboxylic acids is 2. The van der Waals surface area contributed by atoms with E-state index in [0.29, 0.717) is 22.9 Å². The van der Waals surface area contributed by atoms with E-state index in [2.05, 4.69) is 10.4 Å². The fraction of sp³-hybridized carbons (Fsp3) is 0.400. The van der Waals surface area contributed by atoms with Crippen LogP contribution in [-0.2, 0) is 11.8 Å². The summed E-state index contributed by atoms with van der Waals surface area (Å²) in [5.41, 5.74) is 2.38. The number of thiophene rings is 1. The van der Waals surface area contributed by atoms with E-state index in [1.807, 2.05) is 20.8 Å². The van der Waals surface area contributed by atoms with Gasteiger partial charge in [-0.1, -0.05) is 0 Å². The van der Waals surface area contributed by atoms with E-state index in [4.69, 9.17) is 4.74 Å². The summed E-state index contributed by atoms with van der Waals surface area (Å²) < 4.78 is 6.66. The number of rotatable bonds is 4. The third-order valence-corrected chi connectivity index (χ3v) is 4.44. The number of carbonyl (C=O) groups is 2. The van der Waals surface area contributed by atoms with Crippen LogP contribution in [0.4, 0.5) is 5.00 Å². The molecule has 0 aromatic carbocycles. The van der Waals surface area contributed by atoms with Crippen LogP contribution in [-0.4, -0.2) is 28.3 Å². The largest absolute Gasteiger partial charge is 0.462 e. The smallest absolute Gasteiger partial charge is 0.341 e. The van der Waals surface area contributed by atoms with Gasteiger partial charge in [0.25, 0.3) is 5.91 Å². The molecule has 6 nitrogen and oxygen atoms in total. The first-order valence-electron chi connectivity index (χ1n) is 6.93. The minimum atomic E-state index is -0.419. The lowest BCUT2D eigenvalue weighted by Crippen LogP contribution is -2.16. The lowest BCUT2D eigenvalue weighted by molar-refractivity contribution is 0.0527. The van der Waals surface area contributed by atoms with Gasteiger partial charge in [-0.25, -0.2) is 4.79 Å². The Bertz CT molecular complexity index is 731. The molecule has 0 atom stereocenters. The van der Waals surface area contributed by atoms with Gasteiger partial charge in [0.1, 0.15) is 5.00 Å². The molecule has 2 aromatic rings. The zero-order chi connectivity index (χ0) is 16.4. The lowest BCUT2D eigenvalue weighted by atomic mass is 10.1. The number of anilines is 1. The Morgan fingerprint density at radius 2 is 2.05 bits per heavy atom. The van der Waals surface area contributed by atoms with Gasteiger partial charge in [-0.15, -0.1) is 11.3 Å². The number of nitrogens with zero attached hydrogens (tertiary/aromatic N) is 2. The van der Waals surface area contributed by atoms with Crippen LogP contribution in [0.1, 0.15) is 43.8 Å². The minimum Gasteiger partial charge on any atom is -0.462 e. The molecule has 2 rings (SSSR count). The van der Waals surface area contributed by atoms with Crippen molar-refractivity contribution >= 4 is 28.2 Å². The van der Waals surface area contributed by atoms with Crippen molar-refractivity contribution in [1.29, 1.82) is 0 Å². The number of ether oxygens (including phenoxy) is 1. The van der Waals surface area contributed by atoms with Crippen molar-refractivity contribution in [2.75, 3.05) is 11.9 Å². The second-order valence-corrected chi connectivity index (χ2v) is 6.22. The molecule has 1 amide bonds. The standard InChI is InChI=1S/C15H19N3O3S/c1-6-21-15(20)11-9(3)10(4)22-14(11)16-13(19)12-8(2)7-18(5)17-12/h7H,6H2,1-5H3,(H,16,19). The molecular weight excluding hydrogens is 302 g/mol. The van der Waals surface area contributed by atoms with Gasteiger partial charge in [0.15, 0.2) is 5.69 Å². The fourth-order valence-electron chi connectivity index (χ4n) is 2.16. The summed E-state index contributed by atoms with van der Waals surface area (Å²) >= 11 is 1.36. The summed E-state index contributed by atoms with van der Waals surface area (Å²) in [7, 11) is 1.76. The molecule has 7 heteroatoms. The van der Waals surface area contributed by atoms with Crippen LogP contribution in [0.2, 0.25) is 0 Å². The Balaban J connectivity index is 2.33. The number of aryl methyl sites for hydroxylation is 3. The van der Waals surface area contributed by atoms with Crippen molar-refractivity contribution in [2.45, 2.75) is 27.7 Å². The van der Waals surface area contributed by atoms with Gasteiger partial charge in [-0.2, -0.15) is 5.10 Å². The molecule has 0 spiro atoms. The maximum Gasteiger partial charge on any atom is 0.341 e. The molecule has 0 aliphatic heterocycles. The molecule has 2 aromatic heterocycles. The highest BCUT2D eigenvalue weighted by Gasteiger charge is 2.23. The Labute approximate surface area is 133 Å². The summed E-state index contributed by atoms with van der Waals surface area (Å²) in [5, 5.41) is 7.43. The summed E-state index contributed by atoms with van der Waals surface area (Å²) in [5.74, 6) is -0.748. The number of hydrogen-bond donors (Lipinski definition) is 1. The van der Waals surface area contributed by atoms with E-state index in [1.54, 1.807) is 24.9 Å². The SMILES string of the molecule is CCOC(=O)c1c(NC(=O)c2nn(C)cc2C)sc(C)c1C.